The van der Waals surface area contributed by atoms with Gasteiger partial charge in [0.2, 0.25) is 0 Å². The molecule has 1 aliphatic rings. The summed E-state index contributed by atoms with van der Waals surface area (Å²) < 4.78 is 31.8. The Bertz CT molecular complexity index is 1500. The van der Waals surface area contributed by atoms with Crippen molar-refractivity contribution in [1.82, 2.24) is 16.0 Å². The van der Waals surface area contributed by atoms with E-state index in [1.807, 2.05) is 91.0 Å². The number of benzene rings is 3. The molecule has 0 aromatic heterocycles. The zero-order valence-electron chi connectivity index (χ0n) is 33.4. The maximum atomic E-state index is 13.3. The molecule has 13 heteroatoms. The van der Waals surface area contributed by atoms with Gasteiger partial charge >= 0.3 is 11.9 Å². The van der Waals surface area contributed by atoms with E-state index in [1.54, 1.807) is 41.5 Å². The van der Waals surface area contributed by atoms with Crippen LogP contribution in [0.15, 0.2) is 91.0 Å². The van der Waals surface area contributed by atoms with Crippen LogP contribution in [0.1, 0.15) is 58.2 Å². The van der Waals surface area contributed by atoms with E-state index < -0.39 is 84.9 Å². The lowest BCUT2D eigenvalue weighted by Crippen LogP contribution is -2.76. The van der Waals surface area contributed by atoms with Gasteiger partial charge in [0.15, 0.2) is 0 Å². The van der Waals surface area contributed by atoms with Crippen LogP contribution in [0, 0.1) is 0 Å². The number of hydrogen-bond acceptors (Lipinski definition) is 13. The van der Waals surface area contributed by atoms with Crippen LogP contribution in [0.4, 0.5) is 0 Å². The highest BCUT2D eigenvalue weighted by Gasteiger charge is 2.53. The molecule has 56 heavy (non-hydrogen) atoms. The summed E-state index contributed by atoms with van der Waals surface area (Å²) in [6, 6.07) is 25.3. The zero-order valence-corrected chi connectivity index (χ0v) is 33.4. The van der Waals surface area contributed by atoms with Gasteiger partial charge in [0.1, 0.15) is 11.2 Å². The van der Waals surface area contributed by atoms with Crippen LogP contribution in [-0.4, -0.2) is 113 Å². The van der Waals surface area contributed by atoms with E-state index in [-0.39, 0.29) is 32.9 Å². The number of nitrogens with one attached hydrogen (secondary N) is 3. The third-order valence-electron chi connectivity index (χ3n) is 9.04. The maximum Gasteiger partial charge on any atom is 0.320 e. The molecule has 1 aliphatic carbocycles. The fourth-order valence-electron chi connectivity index (χ4n) is 6.62. The summed E-state index contributed by atoms with van der Waals surface area (Å²) in [6.07, 6.45) is -3.90. The fourth-order valence-corrected chi connectivity index (χ4v) is 6.62. The maximum absolute atomic E-state index is 13.3. The Morgan fingerprint density at radius 3 is 1.21 bits per heavy atom. The average molecular weight is 780 g/mol. The van der Waals surface area contributed by atoms with Crippen molar-refractivity contribution < 1.29 is 48.6 Å². The molecule has 4 rings (SSSR count). The van der Waals surface area contributed by atoms with Crippen LogP contribution < -0.4 is 16.0 Å². The van der Waals surface area contributed by atoms with Gasteiger partial charge < -0.3 is 44.3 Å². The molecule has 0 bridgehead atoms. The molecule has 308 valence electrons. The number of carbonyl (C=O) groups excluding carboxylic acids is 2. The Morgan fingerprint density at radius 1 is 0.571 bits per heavy atom. The van der Waals surface area contributed by atoms with Gasteiger partial charge in [-0.25, -0.2) is 0 Å². The van der Waals surface area contributed by atoms with Crippen LogP contribution in [0.5, 0.6) is 0 Å². The molecule has 1 fully saturated rings. The van der Waals surface area contributed by atoms with E-state index in [2.05, 4.69) is 16.0 Å². The van der Waals surface area contributed by atoms with E-state index in [0.717, 1.165) is 16.7 Å². The van der Waals surface area contributed by atoms with Crippen molar-refractivity contribution in [2.75, 3.05) is 26.3 Å². The Kier molecular flexibility index (Phi) is 17.4. The predicted octanol–water partition coefficient (Wildman–Crippen LogP) is 3.03. The van der Waals surface area contributed by atoms with Crippen molar-refractivity contribution in [3.63, 3.8) is 0 Å². The molecular formula is C43H61N3O10. The van der Waals surface area contributed by atoms with Crippen molar-refractivity contribution in [3.8, 4) is 0 Å². The van der Waals surface area contributed by atoms with E-state index >= 15 is 0 Å². The normalized spacial score (nSPS) is 22.6. The van der Waals surface area contributed by atoms with Gasteiger partial charge in [0.05, 0.1) is 94.7 Å². The molecule has 6 N–H and O–H groups in total. The molecule has 0 aliphatic heterocycles. The standard InChI is InChI=1S/C43H61N3O10/c1-42(2,3)55-34(50)22-44-36-39(52-26-29-16-10-7-11-17-29)37(45-23-35(51)56-43(4,5)6)41(54-28-31-20-14-9-15-21-31)38(46-32(24-47)33(49)25-48)40(36)53-27-30-18-12-8-13-19-30/h7-21,32-33,36-41,44-49H,22-28H2,1-6H3/t32?,33?,36-,37+,38-,39+,40-,41+. The van der Waals surface area contributed by atoms with Gasteiger partial charge in [0.25, 0.3) is 0 Å². The summed E-state index contributed by atoms with van der Waals surface area (Å²) in [6.45, 7) is 9.58. The SMILES string of the molecule is CC(C)(C)OC(=O)CN[C@@H]1[C@H](OCc2ccccc2)[C@H](NCC(=O)OC(C)(C)C)[C@H](OCc2ccccc2)[C@H](NC(CO)C(O)CO)[C@@H]1OCc1ccccc1. The van der Waals surface area contributed by atoms with Crippen LogP contribution in [0.2, 0.25) is 0 Å². The minimum atomic E-state index is -1.35. The second-order valence-electron chi connectivity index (χ2n) is 16.0. The fraction of sp³-hybridized carbons (Fsp3) is 0.535. The molecule has 0 radical (unpaired) electrons. The van der Waals surface area contributed by atoms with Gasteiger partial charge in [-0.05, 0) is 58.2 Å². The molecule has 1 saturated carbocycles. The number of esters is 2. The minimum Gasteiger partial charge on any atom is -0.459 e. The lowest BCUT2D eigenvalue weighted by atomic mass is 9.78. The molecule has 8 atom stereocenters. The molecule has 3 aromatic carbocycles. The quantitative estimate of drug-likeness (QED) is 0.0925. The van der Waals surface area contributed by atoms with Crippen LogP contribution in [-0.2, 0) is 53.1 Å². The zero-order chi connectivity index (χ0) is 40.7. The highest BCUT2D eigenvalue weighted by Crippen LogP contribution is 2.31. The smallest absolute Gasteiger partial charge is 0.320 e. The Balaban J connectivity index is 1.87. The summed E-state index contributed by atoms with van der Waals surface area (Å²) in [5.74, 6) is -1.01. The van der Waals surface area contributed by atoms with Crippen molar-refractivity contribution in [2.45, 2.75) is 121 Å². The highest BCUT2D eigenvalue weighted by molar-refractivity contribution is 5.72. The van der Waals surface area contributed by atoms with Gasteiger partial charge in [-0.1, -0.05) is 91.0 Å². The van der Waals surface area contributed by atoms with E-state index in [4.69, 9.17) is 23.7 Å². The first-order valence-electron chi connectivity index (χ1n) is 19.2. The number of rotatable bonds is 20. The van der Waals surface area contributed by atoms with Crippen molar-refractivity contribution in [1.29, 1.82) is 0 Å². The Morgan fingerprint density at radius 2 is 0.911 bits per heavy atom. The topological polar surface area (TPSA) is 177 Å². The second-order valence-corrected chi connectivity index (χ2v) is 16.0. The first-order valence-corrected chi connectivity index (χ1v) is 19.2. The third-order valence-corrected chi connectivity index (χ3v) is 9.04. The lowest BCUT2D eigenvalue weighted by molar-refractivity contribution is -0.172. The number of hydrogen-bond donors (Lipinski definition) is 6. The number of carbonyl (C=O) groups is 2. The van der Waals surface area contributed by atoms with Crippen LogP contribution in [0.3, 0.4) is 0 Å². The van der Waals surface area contributed by atoms with Gasteiger partial charge in [0, 0.05) is 0 Å². The minimum absolute atomic E-state index is 0.146. The number of ether oxygens (including phenoxy) is 5. The van der Waals surface area contributed by atoms with Gasteiger partial charge in [-0.3, -0.25) is 20.2 Å². The molecule has 3 aromatic rings. The summed E-state index contributed by atoms with van der Waals surface area (Å²) in [7, 11) is 0. The largest absolute Gasteiger partial charge is 0.459 e. The van der Waals surface area contributed by atoms with Crippen molar-refractivity contribution in [2.24, 2.45) is 0 Å². The first kappa shape index (κ1) is 44.9. The van der Waals surface area contributed by atoms with Crippen LogP contribution in [0.25, 0.3) is 0 Å². The molecule has 0 saturated heterocycles. The van der Waals surface area contributed by atoms with Crippen molar-refractivity contribution >= 4 is 11.9 Å². The Hall–Kier alpha value is -3.76. The van der Waals surface area contributed by atoms with E-state index in [9.17, 15) is 24.9 Å². The number of aliphatic hydroxyl groups excluding tert-OH is 3. The van der Waals surface area contributed by atoms with Crippen molar-refractivity contribution in [3.05, 3.63) is 108 Å². The molecule has 2 unspecified atom stereocenters. The highest BCUT2D eigenvalue weighted by atomic mass is 16.6. The third kappa shape index (κ3) is 14.6. The summed E-state index contributed by atoms with van der Waals surface area (Å²) in [5.41, 5.74) is 1.15. The van der Waals surface area contributed by atoms with E-state index in [1.165, 1.54) is 0 Å². The van der Waals surface area contributed by atoms with E-state index in [0.29, 0.717) is 0 Å². The monoisotopic (exact) mass is 779 g/mol. The molecule has 0 spiro atoms. The number of aliphatic hydroxyl groups is 3. The second kappa shape index (κ2) is 21.7. The summed E-state index contributed by atoms with van der Waals surface area (Å²) in [4.78, 5) is 26.6. The summed E-state index contributed by atoms with van der Waals surface area (Å²) >= 11 is 0. The molecule has 13 nitrogen and oxygen atoms in total. The average Bonchev–Trinajstić information content (AvgIpc) is 3.16. The van der Waals surface area contributed by atoms with Gasteiger partial charge in [-0.15, -0.1) is 0 Å². The lowest BCUT2D eigenvalue weighted by Gasteiger charge is -2.52. The van der Waals surface area contributed by atoms with Crippen LogP contribution >= 0.6 is 0 Å². The predicted molar refractivity (Wildman–Crippen MR) is 211 cm³/mol. The molecule has 0 heterocycles. The molecule has 0 amide bonds. The Labute approximate surface area is 331 Å². The first-order chi connectivity index (χ1) is 26.7. The van der Waals surface area contributed by atoms with Gasteiger partial charge in [-0.2, -0.15) is 0 Å². The molecular weight excluding hydrogens is 718 g/mol. The summed E-state index contributed by atoms with van der Waals surface area (Å²) in [5, 5.41) is 41.5.